The van der Waals surface area contributed by atoms with Gasteiger partial charge in [0.05, 0.1) is 6.21 Å². The number of halogens is 1. The predicted octanol–water partition coefficient (Wildman–Crippen LogP) is 4.53. The summed E-state index contributed by atoms with van der Waals surface area (Å²) in [4.78, 5) is 24.0. The van der Waals surface area contributed by atoms with Crippen LogP contribution in [0, 0.1) is 6.92 Å². The van der Waals surface area contributed by atoms with Gasteiger partial charge in [-0.1, -0.05) is 48.0 Å². The minimum atomic E-state index is -0.891. The summed E-state index contributed by atoms with van der Waals surface area (Å²) in [6, 6.07) is 21.6. The monoisotopic (exact) mass is 407 g/mol. The van der Waals surface area contributed by atoms with Gasteiger partial charge in [0.1, 0.15) is 11.5 Å². The van der Waals surface area contributed by atoms with E-state index in [4.69, 9.17) is 16.3 Å². The fraction of sp³-hybridized carbons (Fsp3) is 0.0455. The van der Waals surface area contributed by atoms with Gasteiger partial charge in [0, 0.05) is 10.7 Å². The summed E-state index contributed by atoms with van der Waals surface area (Å²) >= 11 is 6.01. The van der Waals surface area contributed by atoms with Crippen molar-refractivity contribution in [1.29, 1.82) is 0 Å². The number of carbonyl (C=O) groups excluding carboxylic acids is 2. The lowest BCUT2D eigenvalue weighted by Gasteiger charge is -2.08. The molecule has 2 amide bonds. The van der Waals surface area contributed by atoms with Crippen molar-refractivity contribution >= 4 is 35.3 Å². The van der Waals surface area contributed by atoms with Crippen LogP contribution in [0.1, 0.15) is 11.1 Å². The van der Waals surface area contributed by atoms with Crippen molar-refractivity contribution in [3.63, 3.8) is 0 Å². The molecule has 0 aliphatic heterocycles. The first-order valence-electron chi connectivity index (χ1n) is 8.75. The van der Waals surface area contributed by atoms with Crippen molar-refractivity contribution in [3.8, 4) is 11.5 Å². The molecule has 0 unspecified atom stereocenters. The third-order valence-corrected chi connectivity index (χ3v) is 4.35. The molecule has 3 rings (SSSR count). The molecule has 0 fully saturated rings. The van der Waals surface area contributed by atoms with Gasteiger partial charge in [0.2, 0.25) is 0 Å². The van der Waals surface area contributed by atoms with E-state index in [1.807, 2.05) is 36.4 Å². The summed E-state index contributed by atoms with van der Waals surface area (Å²) in [6.07, 6.45) is 1.42. The van der Waals surface area contributed by atoms with Gasteiger partial charge in [-0.2, -0.15) is 5.10 Å². The van der Waals surface area contributed by atoms with E-state index in [0.717, 1.165) is 0 Å². The van der Waals surface area contributed by atoms with Crippen LogP contribution in [-0.4, -0.2) is 18.0 Å². The predicted molar refractivity (Wildman–Crippen MR) is 114 cm³/mol. The van der Waals surface area contributed by atoms with Crippen LogP contribution < -0.4 is 15.5 Å². The van der Waals surface area contributed by atoms with E-state index in [0.29, 0.717) is 33.3 Å². The fourth-order valence-electron chi connectivity index (χ4n) is 2.42. The van der Waals surface area contributed by atoms with E-state index in [1.165, 1.54) is 6.21 Å². The lowest BCUT2D eigenvalue weighted by molar-refractivity contribution is -0.136. The maximum atomic E-state index is 12.0. The minimum Gasteiger partial charge on any atom is -0.457 e. The van der Waals surface area contributed by atoms with Crippen LogP contribution in [0.5, 0.6) is 11.5 Å². The molecule has 0 aliphatic carbocycles. The number of nitrogens with one attached hydrogen (secondary N) is 2. The SMILES string of the molecule is Cc1c(Cl)cccc1NC(=O)C(=O)N/N=C\c1cccc(Oc2ccccc2)c1. The zero-order valence-electron chi connectivity index (χ0n) is 15.6. The number of anilines is 1. The van der Waals surface area contributed by atoms with Crippen LogP contribution in [0.15, 0.2) is 77.9 Å². The van der Waals surface area contributed by atoms with E-state index in [2.05, 4.69) is 15.8 Å². The number of amides is 2. The van der Waals surface area contributed by atoms with Gasteiger partial charge in [-0.15, -0.1) is 0 Å². The van der Waals surface area contributed by atoms with Gasteiger partial charge in [-0.05, 0) is 54.4 Å². The third-order valence-electron chi connectivity index (χ3n) is 3.94. The second-order valence-corrected chi connectivity index (χ2v) is 6.46. The number of hydrazone groups is 1. The van der Waals surface area contributed by atoms with Crippen molar-refractivity contribution in [2.45, 2.75) is 6.92 Å². The molecular weight excluding hydrogens is 390 g/mol. The highest BCUT2D eigenvalue weighted by Crippen LogP contribution is 2.23. The summed E-state index contributed by atoms with van der Waals surface area (Å²) < 4.78 is 5.75. The first-order valence-corrected chi connectivity index (χ1v) is 9.13. The maximum absolute atomic E-state index is 12.0. The van der Waals surface area contributed by atoms with E-state index in [-0.39, 0.29) is 0 Å². The molecule has 0 atom stereocenters. The average Bonchev–Trinajstić information content (AvgIpc) is 2.72. The normalized spacial score (nSPS) is 10.6. The molecule has 0 saturated carbocycles. The Morgan fingerprint density at radius 2 is 1.66 bits per heavy atom. The summed E-state index contributed by atoms with van der Waals surface area (Å²) in [7, 11) is 0. The van der Waals surface area contributed by atoms with E-state index in [9.17, 15) is 9.59 Å². The topological polar surface area (TPSA) is 79.8 Å². The highest BCUT2D eigenvalue weighted by molar-refractivity contribution is 6.40. The lowest BCUT2D eigenvalue weighted by atomic mass is 10.2. The maximum Gasteiger partial charge on any atom is 0.329 e. The summed E-state index contributed by atoms with van der Waals surface area (Å²) in [5.41, 5.74) is 4.04. The Morgan fingerprint density at radius 1 is 0.931 bits per heavy atom. The summed E-state index contributed by atoms with van der Waals surface area (Å²) in [6.45, 7) is 1.75. The number of ether oxygens (including phenoxy) is 1. The lowest BCUT2D eigenvalue weighted by Crippen LogP contribution is -2.32. The molecule has 3 aromatic carbocycles. The number of benzene rings is 3. The van der Waals surface area contributed by atoms with Crippen molar-refractivity contribution in [2.75, 3.05) is 5.32 Å². The van der Waals surface area contributed by atoms with Crippen LogP contribution in [0.25, 0.3) is 0 Å². The molecule has 3 aromatic rings. The van der Waals surface area contributed by atoms with Crippen LogP contribution in [0.4, 0.5) is 5.69 Å². The molecule has 0 saturated heterocycles. The molecule has 2 N–H and O–H groups in total. The zero-order chi connectivity index (χ0) is 20.6. The van der Waals surface area contributed by atoms with Crippen molar-refractivity contribution in [1.82, 2.24) is 5.43 Å². The van der Waals surface area contributed by atoms with E-state index in [1.54, 1.807) is 43.3 Å². The molecule has 6 nitrogen and oxygen atoms in total. The number of hydrogen-bond donors (Lipinski definition) is 2. The molecule has 0 spiro atoms. The molecule has 0 aromatic heterocycles. The molecule has 0 radical (unpaired) electrons. The molecule has 0 aliphatic rings. The van der Waals surface area contributed by atoms with Gasteiger partial charge in [-0.25, -0.2) is 5.43 Å². The molecule has 0 heterocycles. The fourth-order valence-corrected chi connectivity index (χ4v) is 2.60. The molecular formula is C22H18ClN3O3. The Hall–Kier alpha value is -3.64. The molecule has 29 heavy (non-hydrogen) atoms. The molecule has 7 heteroatoms. The first kappa shape index (κ1) is 20.1. The van der Waals surface area contributed by atoms with Gasteiger partial charge in [0.25, 0.3) is 0 Å². The zero-order valence-corrected chi connectivity index (χ0v) is 16.3. The largest absolute Gasteiger partial charge is 0.457 e. The quantitative estimate of drug-likeness (QED) is 0.370. The van der Waals surface area contributed by atoms with Crippen molar-refractivity contribution in [3.05, 3.63) is 88.9 Å². The van der Waals surface area contributed by atoms with Gasteiger partial charge in [0.15, 0.2) is 0 Å². The van der Waals surface area contributed by atoms with Crippen molar-refractivity contribution in [2.24, 2.45) is 5.10 Å². The Labute approximate surface area is 173 Å². The van der Waals surface area contributed by atoms with Crippen molar-refractivity contribution < 1.29 is 14.3 Å². The Balaban J connectivity index is 1.57. The average molecular weight is 408 g/mol. The smallest absolute Gasteiger partial charge is 0.329 e. The van der Waals surface area contributed by atoms with Gasteiger partial charge in [-0.3, -0.25) is 9.59 Å². The number of para-hydroxylation sites is 1. The minimum absolute atomic E-state index is 0.465. The van der Waals surface area contributed by atoms with Gasteiger partial charge >= 0.3 is 11.8 Å². The number of carbonyl (C=O) groups is 2. The van der Waals surface area contributed by atoms with Crippen LogP contribution in [-0.2, 0) is 9.59 Å². The Morgan fingerprint density at radius 3 is 2.45 bits per heavy atom. The Kier molecular flexibility index (Phi) is 6.60. The third kappa shape index (κ3) is 5.67. The first-order chi connectivity index (χ1) is 14.0. The van der Waals surface area contributed by atoms with Crippen LogP contribution in [0.3, 0.4) is 0 Å². The Bertz CT molecular complexity index is 1050. The molecule has 0 bridgehead atoms. The standard InChI is InChI=1S/C22H18ClN3O3/c1-15-19(23)11-6-12-20(15)25-21(27)22(28)26-24-14-16-7-5-10-18(13-16)29-17-8-3-2-4-9-17/h2-14H,1H3,(H,25,27)(H,26,28)/b24-14-. The van der Waals surface area contributed by atoms with E-state index >= 15 is 0 Å². The van der Waals surface area contributed by atoms with E-state index < -0.39 is 11.8 Å². The van der Waals surface area contributed by atoms with Gasteiger partial charge < -0.3 is 10.1 Å². The molecule has 146 valence electrons. The summed E-state index contributed by atoms with van der Waals surface area (Å²) in [5, 5.41) is 6.83. The highest BCUT2D eigenvalue weighted by atomic mass is 35.5. The second-order valence-electron chi connectivity index (χ2n) is 6.05. The number of nitrogens with zero attached hydrogens (tertiary/aromatic N) is 1. The highest BCUT2D eigenvalue weighted by Gasteiger charge is 2.14. The van der Waals surface area contributed by atoms with Crippen LogP contribution >= 0.6 is 11.6 Å². The summed E-state index contributed by atoms with van der Waals surface area (Å²) in [5.74, 6) is -0.394. The second kappa shape index (κ2) is 9.52. The van der Waals surface area contributed by atoms with Crippen LogP contribution in [0.2, 0.25) is 5.02 Å². The number of hydrogen-bond acceptors (Lipinski definition) is 4. The number of rotatable bonds is 5.